The molecular weight excluding hydrogens is 262 g/mol. The minimum atomic E-state index is -0.194. The highest BCUT2D eigenvalue weighted by atomic mass is 35.5. The van der Waals surface area contributed by atoms with Crippen LogP contribution in [-0.4, -0.2) is 28.7 Å². The number of nitrogens with zero attached hydrogens (tertiary/aromatic N) is 2. The number of Topliss-reactive ketones (excluding diaryl/α,β-unsaturated/α-hetero) is 1. The molecule has 1 atom stereocenters. The molecule has 1 aliphatic rings. The average molecular weight is 284 g/mol. The molecule has 0 aromatic carbocycles. The van der Waals surface area contributed by atoms with Gasteiger partial charge in [0.15, 0.2) is 0 Å². The molecule has 1 N–H and O–H groups in total. The van der Waals surface area contributed by atoms with Crippen LogP contribution >= 0.6 is 11.6 Å². The Morgan fingerprint density at radius 3 is 2.79 bits per heavy atom. The van der Waals surface area contributed by atoms with Crippen molar-refractivity contribution < 1.29 is 4.79 Å². The number of rotatable bonds is 5. The summed E-state index contributed by atoms with van der Waals surface area (Å²) < 4.78 is 1.64. The fourth-order valence-corrected chi connectivity index (χ4v) is 3.28. The van der Waals surface area contributed by atoms with Gasteiger partial charge in [0.25, 0.3) is 0 Å². The zero-order valence-electron chi connectivity index (χ0n) is 11.9. The smallest absolute Gasteiger partial charge is 0.144 e. The van der Waals surface area contributed by atoms with Gasteiger partial charge in [-0.3, -0.25) is 9.48 Å². The van der Waals surface area contributed by atoms with E-state index in [0.717, 1.165) is 43.6 Å². The lowest BCUT2D eigenvalue weighted by Crippen LogP contribution is -2.34. The minimum Gasteiger partial charge on any atom is -0.316 e. The number of carbonyl (C=O) groups excluding carboxylic acids is 1. The van der Waals surface area contributed by atoms with Crippen molar-refractivity contribution in [1.29, 1.82) is 0 Å². The number of aryl methyl sites for hydroxylation is 2. The zero-order chi connectivity index (χ0) is 14.0. The quantitative estimate of drug-likeness (QED) is 0.902. The lowest BCUT2D eigenvalue weighted by Gasteiger charge is -2.26. The predicted octanol–water partition coefficient (Wildman–Crippen LogP) is 2.27. The molecule has 2 rings (SSSR count). The maximum absolute atomic E-state index is 12.7. The Labute approximate surface area is 119 Å². The van der Waals surface area contributed by atoms with Crippen LogP contribution in [0, 0.1) is 12.3 Å². The highest BCUT2D eigenvalue weighted by molar-refractivity contribution is 6.30. The van der Waals surface area contributed by atoms with Crippen molar-refractivity contribution in [2.45, 2.75) is 39.5 Å². The predicted molar refractivity (Wildman–Crippen MR) is 76.5 cm³/mol. The van der Waals surface area contributed by atoms with E-state index < -0.39 is 0 Å². The summed E-state index contributed by atoms with van der Waals surface area (Å²) in [6.45, 7) is 5.78. The summed E-state index contributed by atoms with van der Waals surface area (Å²) in [6.07, 6.45) is 3.33. The SMILES string of the molecule is CCCC1(C(=O)Cc2c(C)nn(C)c2Cl)CCNC1. The zero-order valence-corrected chi connectivity index (χ0v) is 12.7. The van der Waals surface area contributed by atoms with E-state index in [4.69, 9.17) is 11.6 Å². The molecule has 0 aliphatic carbocycles. The molecule has 1 unspecified atom stereocenters. The van der Waals surface area contributed by atoms with Crippen molar-refractivity contribution in [3.63, 3.8) is 0 Å². The molecule has 19 heavy (non-hydrogen) atoms. The molecule has 5 heteroatoms. The summed E-state index contributed by atoms with van der Waals surface area (Å²) in [6, 6.07) is 0. The first kappa shape index (κ1) is 14.5. The van der Waals surface area contributed by atoms with Crippen LogP contribution in [0.5, 0.6) is 0 Å². The van der Waals surface area contributed by atoms with Crippen LogP contribution in [0.25, 0.3) is 0 Å². The van der Waals surface area contributed by atoms with Gasteiger partial charge in [0, 0.05) is 31.0 Å². The molecule has 2 heterocycles. The third kappa shape index (κ3) is 2.70. The van der Waals surface area contributed by atoms with Crippen LogP contribution in [0.1, 0.15) is 37.4 Å². The van der Waals surface area contributed by atoms with E-state index in [2.05, 4.69) is 17.3 Å². The van der Waals surface area contributed by atoms with Gasteiger partial charge in [-0.1, -0.05) is 24.9 Å². The van der Waals surface area contributed by atoms with Gasteiger partial charge < -0.3 is 5.32 Å². The molecule has 0 saturated carbocycles. The Bertz CT molecular complexity index is 475. The Morgan fingerprint density at radius 1 is 1.58 bits per heavy atom. The molecule has 1 saturated heterocycles. The number of hydrogen-bond donors (Lipinski definition) is 1. The number of carbonyl (C=O) groups is 1. The van der Waals surface area contributed by atoms with Gasteiger partial charge in [-0.05, 0) is 26.3 Å². The van der Waals surface area contributed by atoms with E-state index in [-0.39, 0.29) is 5.41 Å². The summed E-state index contributed by atoms with van der Waals surface area (Å²) in [4.78, 5) is 12.7. The van der Waals surface area contributed by atoms with Gasteiger partial charge in [-0.25, -0.2) is 0 Å². The van der Waals surface area contributed by atoms with Crippen LogP contribution in [0.15, 0.2) is 0 Å². The molecule has 0 radical (unpaired) electrons. The van der Waals surface area contributed by atoms with Crippen molar-refractivity contribution in [2.75, 3.05) is 13.1 Å². The van der Waals surface area contributed by atoms with E-state index in [1.54, 1.807) is 4.68 Å². The largest absolute Gasteiger partial charge is 0.316 e. The molecule has 0 spiro atoms. The van der Waals surface area contributed by atoms with Gasteiger partial charge in [0.1, 0.15) is 10.9 Å². The summed E-state index contributed by atoms with van der Waals surface area (Å²) in [5.41, 5.74) is 1.55. The minimum absolute atomic E-state index is 0.194. The normalized spacial score (nSPS) is 22.9. The first-order valence-corrected chi connectivity index (χ1v) is 7.30. The number of hydrogen-bond acceptors (Lipinski definition) is 3. The van der Waals surface area contributed by atoms with Crippen LogP contribution in [0.3, 0.4) is 0 Å². The second-order valence-electron chi connectivity index (χ2n) is 5.54. The van der Waals surface area contributed by atoms with Gasteiger partial charge in [-0.2, -0.15) is 5.10 Å². The number of ketones is 1. The molecule has 1 aromatic heterocycles. The lowest BCUT2D eigenvalue weighted by atomic mass is 9.76. The molecule has 1 aliphatic heterocycles. The summed E-state index contributed by atoms with van der Waals surface area (Å²) >= 11 is 6.22. The van der Waals surface area contributed by atoms with Crippen molar-refractivity contribution in [3.8, 4) is 0 Å². The molecule has 0 bridgehead atoms. The fourth-order valence-electron chi connectivity index (χ4n) is 3.04. The first-order valence-electron chi connectivity index (χ1n) is 6.92. The monoisotopic (exact) mass is 283 g/mol. The Morgan fingerprint density at radius 2 is 2.32 bits per heavy atom. The highest BCUT2D eigenvalue weighted by Crippen LogP contribution is 2.34. The number of halogens is 1. The van der Waals surface area contributed by atoms with Crippen LogP contribution < -0.4 is 5.32 Å². The number of aromatic nitrogens is 2. The Hall–Kier alpha value is -0.870. The van der Waals surface area contributed by atoms with E-state index in [0.29, 0.717) is 17.4 Å². The summed E-state index contributed by atoms with van der Waals surface area (Å²) in [5.74, 6) is 0.303. The third-order valence-electron chi connectivity index (χ3n) is 4.17. The fraction of sp³-hybridized carbons (Fsp3) is 0.714. The van der Waals surface area contributed by atoms with Gasteiger partial charge in [0.05, 0.1) is 5.69 Å². The first-order chi connectivity index (χ1) is 9.00. The van der Waals surface area contributed by atoms with E-state index in [1.165, 1.54) is 0 Å². The average Bonchev–Trinajstić information content (AvgIpc) is 2.92. The van der Waals surface area contributed by atoms with E-state index in [9.17, 15) is 4.79 Å². The third-order valence-corrected chi connectivity index (χ3v) is 4.64. The molecule has 0 amide bonds. The molecule has 1 aromatic rings. The van der Waals surface area contributed by atoms with Crippen molar-refractivity contribution >= 4 is 17.4 Å². The maximum atomic E-state index is 12.7. The maximum Gasteiger partial charge on any atom is 0.144 e. The van der Waals surface area contributed by atoms with E-state index >= 15 is 0 Å². The second-order valence-corrected chi connectivity index (χ2v) is 5.89. The van der Waals surface area contributed by atoms with Gasteiger partial charge >= 0.3 is 0 Å². The molecule has 4 nitrogen and oxygen atoms in total. The van der Waals surface area contributed by atoms with Crippen molar-refractivity contribution in [1.82, 2.24) is 15.1 Å². The van der Waals surface area contributed by atoms with Crippen LogP contribution in [0.2, 0.25) is 5.15 Å². The standard InChI is InChI=1S/C14H22ClN3O/c1-4-5-14(6-7-16-9-14)12(19)8-11-10(2)17-18(3)13(11)15/h16H,4-9H2,1-3H3. The number of nitrogens with one attached hydrogen (secondary N) is 1. The Kier molecular flexibility index (Phi) is 4.31. The lowest BCUT2D eigenvalue weighted by molar-refractivity contribution is -0.127. The van der Waals surface area contributed by atoms with Gasteiger partial charge in [0.2, 0.25) is 0 Å². The van der Waals surface area contributed by atoms with Gasteiger partial charge in [-0.15, -0.1) is 0 Å². The van der Waals surface area contributed by atoms with E-state index in [1.807, 2.05) is 14.0 Å². The van der Waals surface area contributed by atoms with Crippen molar-refractivity contribution in [2.24, 2.45) is 12.5 Å². The van der Waals surface area contributed by atoms with Crippen LogP contribution in [-0.2, 0) is 18.3 Å². The Balaban J connectivity index is 2.20. The molecule has 1 fully saturated rings. The highest BCUT2D eigenvalue weighted by Gasteiger charge is 2.40. The van der Waals surface area contributed by atoms with Crippen LogP contribution in [0.4, 0.5) is 0 Å². The summed E-state index contributed by atoms with van der Waals surface area (Å²) in [5, 5.41) is 8.19. The van der Waals surface area contributed by atoms with Crippen molar-refractivity contribution in [3.05, 3.63) is 16.4 Å². The molecular formula is C14H22ClN3O. The second kappa shape index (κ2) is 5.63. The summed E-state index contributed by atoms with van der Waals surface area (Å²) in [7, 11) is 1.81. The molecule has 106 valence electrons. The topological polar surface area (TPSA) is 46.9 Å².